The monoisotopic (exact) mass is 164 g/mol. The Bertz CT molecular complexity index is 370. The summed E-state index contributed by atoms with van der Waals surface area (Å²) in [4.78, 5) is 11.7. The van der Waals surface area contributed by atoms with Gasteiger partial charge in [0.25, 0.3) is 5.56 Å². The fraction of sp³-hybridized carbons (Fsp3) is 0.667. The molecule has 0 aromatic carbocycles. The van der Waals surface area contributed by atoms with Crippen molar-refractivity contribution >= 4 is 0 Å². The average Bonchev–Trinajstić information content (AvgIpc) is 2.71. The molecule has 1 aromatic heterocycles. The predicted molar refractivity (Wildman–Crippen MR) is 45.3 cm³/mol. The molecule has 64 valence electrons. The van der Waals surface area contributed by atoms with Gasteiger partial charge in [0.1, 0.15) is 0 Å². The molecule has 2 aliphatic carbocycles. The first-order valence-corrected chi connectivity index (χ1v) is 4.68. The van der Waals surface area contributed by atoms with Crippen molar-refractivity contribution < 1.29 is 0 Å². The van der Waals surface area contributed by atoms with Crippen LogP contribution in [0.2, 0.25) is 0 Å². The Kier molecular flexibility index (Phi) is 1.10. The van der Waals surface area contributed by atoms with E-state index in [0.29, 0.717) is 6.04 Å². The molecule has 1 fully saturated rings. The SMILES string of the molecule is O=c1c2c([nH]n1C1CC1)CCC2. The van der Waals surface area contributed by atoms with Crippen molar-refractivity contribution in [1.29, 1.82) is 0 Å². The molecular weight excluding hydrogens is 152 g/mol. The molecule has 0 bridgehead atoms. The quantitative estimate of drug-likeness (QED) is 0.660. The number of aryl methyl sites for hydroxylation is 1. The van der Waals surface area contributed by atoms with Gasteiger partial charge >= 0.3 is 0 Å². The van der Waals surface area contributed by atoms with E-state index in [4.69, 9.17) is 0 Å². The molecule has 0 aliphatic heterocycles. The van der Waals surface area contributed by atoms with Gasteiger partial charge in [0, 0.05) is 11.3 Å². The summed E-state index contributed by atoms with van der Waals surface area (Å²) in [5, 5.41) is 3.23. The molecule has 0 spiro atoms. The van der Waals surface area contributed by atoms with E-state index in [-0.39, 0.29) is 5.56 Å². The molecule has 3 nitrogen and oxygen atoms in total. The third kappa shape index (κ3) is 0.737. The average molecular weight is 164 g/mol. The zero-order valence-electron chi connectivity index (χ0n) is 6.97. The first kappa shape index (κ1) is 6.52. The van der Waals surface area contributed by atoms with Crippen LogP contribution in [0.4, 0.5) is 0 Å². The van der Waals surface area contributed by atoms with Gasteiger partial charge in [-0.2, -0.15) is 0 Å². The molecule has 0 saturated heterocycles. The number of hydrogen-bond donors (Lipinski definition) is 1. The van der Waals surface area contributed by atoms with Gasteiger partial charge in [0.2, 0.25) is 0 Å². The second-order valence-electron chi connectivity index (χ2n) is 3.83. The lowest BCUT2D eigenvalue weighted by Gasteiger charge is -1.96. The Balaban J connectivity index is 2.17. The molecule has 0 atom stereocenters. The van der Waals surface area contributed by atoms with Gasteiger partial charge in [0.15, 0.2) is 0 Å². The Hall–Kier alpha value is -0.990. The number of H-pyrrole nitrogens is 1. The molecule has 2 aliphatic rings. The third-order valence-electron chi connectivity index (χ3n) is 2.86. The Morgan fingerprint density at radius 3 is 2.83 bits per heavy atom. The number of nitrogens with one attached hydrogen (secondary N) is 1. The molecule has 3 heteroatoms. The summed E-state index contributed by atoms with van der Waals surface area (Å²) in [6, 6.07) is 0.503. The van der Waals surface area contributed by atoms with E-state index in [0.717, 1.165) is 24.8 Å². The minimum Gasteiger partial charge on any atom is -0.299 e. The van der Waals surface area contributed by atoms with Gasteiger partial charge in [-0.15, -0.1) is 0 Å². The number of aromatic amines is 1. The Labute approximate surface area is 70.4 Å². The molecule has 3 rings (SSSR count). The van der Waals surface area contributed by atoms with E-state index < -0.39 is 0 Å². The summed E-state index contributed by atoms with van der Waals surface area (Å²) in [6.07, 6.45) is 5.58. The smallest absolute Gasteiger partial charge is 0.270 e. The van der Waals surface area contributed by atoms with Crippen LogP contribution in [0.15, 0.2) is 4.79 Å². The fourth-order valence-corrected chi connectivity index (χ4v) is 2.03. The molecule has 0 radical (unpaired) electrons. The molecular formula is C9H12N2O. The minimum absolute atomic E-state index is 0.255. The second kappa shape index (κ2) is 2.03. The number of rotatable bonds is 1. The van der Waals surface area contributed by atoms with E-state index in [1.54, 1.807) is 0 Å². The van der Waals surface area contributed by atoms with Gasteiger partial charge in [-0.1, -0.05) is 0 Å². The summed E-state index contributed by atoms with van der Waals surface area (Å²) in [7, 11) is 0. The highest BCUT2D eigenvalue weighted by molar-refractivity contribution is 5.22. The van der Waals surface area contributed by atoms with Gasteiger partial charge in [-0.3, -0.25) is 9.89 Å². The van der Waals surface area contributed by atoms with Gasteiger partial charge < -0.3 is 0 Å². The first-order chi connectivity index (χ1) is 5.86. The first-order valence-electron chi connectivity index (χ1n) is 4.68. The largest absolute Gasteiger partial charge is 0.299 e. The van der Waals surface area contributed by atoms with Gasteiger partial charge in [-0.25, -0.2) is 4.68 Å². The van der Waals surface area contributed by atoms with Crippen molar-refractivity contribution in [2.24, 2.45) is 0 Å². The number of aromatic nitrogens is 2. The van der Waals surface area contributed by atoms with Crippen LogP contribution in [0.25, 0.3) is 0 Å². The van der Waals surface area contributed by atoms with Crippen molar-refractivity contribution in [1.82, 2.24) is 9.78 Å². The molecule has 0 amide bonds. The highest BCUT2D eigenvalue weighted by Crippen LogP contribution is 2.33. The summed E-state index contributed by atoms with van der Waals surface area (Å²) < 4.78 is 1.84. The maximum atomic E-state index is 11.7. The number of fused-ring (bicyclic) bond motifs is 1. The number of hydrogen-bond acceptors (Lipinski definition) is 1. The van der Waals surface area contributed by atoms with Crippen molar-refractivity contribution in [2.45, 2.75) is 38.1 Å². The van der Waals surface area contributed by atoms with Crippen LogP contribution in [0.5, 0.6) is 0 Å². The van der Waals surface area contributed by atoms with Crippen LogP contribution in [-0.2, 0) is 12.8 Å². The molecule has 1 heterocycles. The standard InChI is InChI=1S/C9H12N2O/c12-9-7-2-1-3-8(7)10-11(9)6-4-5-6/h6,10H,1-5H2. The minimum atomic E-state index is 0.255. The van der Waals surface area contributed by atoms with Crippen molar-refractivity contribution in [3.8, 4) is 0 Å². The molecule has 1 aromatic rings. The van der Waals surface area contributed by atoms with Crippen LogP contribution >= 0.6 is 0 Å². The Morgan fingerprint density at radius 2 is 2.17 bits per heavy atom. The van der Waals surface area contributed by atoms with Crippen LogP contribution in [0.1, 0.15) is 36.6 Å². The van der Waals surface area contributed by atoms with Crippen LogP contribution in [-0.4, -0.2) is 9.78 Å². The predicted octanol–water partition coefficient (Wildman–Crippen LogP) is 1.00. The lowest BCUT2D eigenvalue weighted by molar-refractivity contribution is 0.603. The lowest BCUT2D eigenvalue weighted by Crippen LogP contribution is -2.17. The van der Waals surface area contributed by atoms with Gasteiger partial charge in [-0.05, 0) is 32.1 Å². The summed E-state index contributed by atoms with van der Waals surface area (Å²) >= 11 is 0. The maximum Gasteiger partial charge on any atom is 0.270 e. The van der Waals surface area contributed by atoms with E-state index >= 15 is 0 Å². The van der Waals surface area contributed by atoms with Crippen molar-refractivity contribution in [2.75, 3.05) is 0 Å². The molecule has 1 saturated carbocycles. The maximum absolute atomic E-state index is 11.7. The Morgan fingerprint density at radius 1 is 1.33 bits per heavy atom. The summed E-state index contributed by atoms with van der Waals surface area (Å²) in [5.74, 6) is 0. The van der Waals surface area contributed by atoms with Crippen molar-refractivity contribution in [3.05, 3.63) is 21.6 Å². The van der Waals surface area contributed by atoms with Crippen molar-refractivity contribution in [3.63, 3.8) is 0 Å². The summed E-state index contributed by atoms with van der Waals surface area (Å²) in [5.41, 5.74) is 2.51. The zero-order chi connectivity index (χ0) is 8.13. The van der Waals surface area contributed by atoms with E-state index in [2.05, 4.69) is 5.10 Å². The molecule has 12 heavy (non-hydrogen) atoms. The van der Waals surface area contributed by atoms with Crippen LogP contribution in [0.3, 0.4) is 0 Å². The lowest BCUT2D eigenvalue weighted by atomic mass is 10.3. The number of nitrogens with zero attached hydrogens (tertiary/aromatic N) is 1. The van der Waals surface area contributed by atoms with E-state index in [9.17, 15) is 4.79 Å². The topological polar surface area (TPSA) is 37.8 Å². The molecule has 0 unspecified atom stereocenters. The second-order valence-corrected chi connectivity index (χ2v) is 3.83. The third-order valence-corrected chi connectivity index (χ3v) is 2.86. The van der Waals surface area contributed by atoms with Crippen LogP contribution < -0.4 is 5.56 Å². The normalized spacial score (nSPS) is 21.3. The fourth-order valence-electron chi connectivity index (χ4n) is 2.03. The van der Waals surface area contributed by atoms with E-state index in [1.807, 2.05) is 4.68 Å². The molecule has 1 N–H and O–H groups in total. The highest BCUT2D eigenvalue weighted by atomic mass is 16.1. The van der Waals surface area contributed by atoms with Gasteiger partial charge in [0.05, 0.1) is 6.04 Å². The van der Waals surface area contributed by atoms with E-state index in [1.165, 1.54) is 18.5 Å². The highest BCUT2D eigenvalue weighted by Gasteiger charge is 2.29. The van der Waals surface area contributed by atoms with Crippen LogP contribution in [0, 0.1) is 0 Å². The zero-order valence-corrected chi connectivity index (χ0v) is 6.97. The summed E-state index contributed by atoms with van der Waals surface area (Å²) in [6.45, 7) is 0.